The Morgan fingerprint density at radius 3 is 2.73 bits per heavy atom. The number of hydrogen-bond acceptors (Lipinski definition) is 8. The van der Waals surface area contributed by atoms with Crippen LogP contribution in [-0.4, -0.2) is 61.0 Å². The van der Waals surface area contributed by atoms with Crippen molar-refractivity contribution in [2.75, 3.05) is 39.1 Å². The number of likely N-dealkylation sites (N-methyl/N-ethyl adjacent to an activating group) is 1. The molecule has 2 aromatic heterocycles. The minimum absolute atomic E-state index is 0.0110. The summed E-state index contributed by atoms with van der Waals surface area (Å²) in [6.07, 6.45) is 0.990. The number of nitrogens with one attached hydrogen (secondary N) is 1. The Kier molecular flexibility index (Phi) is 5.22. The Hall–Kier alpha value is -2.96. The van der Waals surface area contributed by atoms with Crippen molar-refractivity contribution in [3.8, 4) is 17.3 Å². The molecule has 1 saturated heterocycles. The van der Waals surface area contributed by atoms with Gasteiger partial charge in [-0.15, -0.1) is 11.3 Å². The first-order chi connectivity index (χ1) is 14.3. The Balaban J connectivity index is 2.05. The first-order valence-corrected chi connectivity index (χ1v) is 10.7. The molecule has 3 aromatic rings. The van der Waals surface area contributed by atoms with Crippen molar-refractivity contribution in [2.45, 2.75) is 26.3 Å². The van der Waals surface area contributed by atoms with E-state index in [2.05, 4.69) is 21.3 Å². The summed E-state index contributed by atoms with van der Waals surface area (Å²) in [5.74, 6) is -0.345. The van der Waals surface area contributed by atoms with Gasteiger partial charge in [-0.25, -0.2) is 9.97 Å². The van der Waals surface area contributed by atoms with Crippen LogP contribution in [0.4, 0.5) is 5.69 Å². The number of rotatable bonds is 4. The van der Waals surface area contributed by atoms with Crippen molar-refractivity contribution in [2.24, 2.45) is 0 Å². The fourth-order valence-corrected chi connectivity index (χ4v) is 4.56. The van der Waals surface area contributed by atoms with Gasteiger partial charge in [-0.1, -0.05) is 0 Å². The van der Waals surface area contributed by atoms with Crippen LogP contribution in [0.3, 0.4) is 0 Å². The van der Waals surface area contributed by atoms with Crippen LogP contribution in [0.5, 0.6) is 0 Å². The van der Waals surface area contributed by atoms with Crippen LogP contribution in [0.2, 0.25) is 0 Å². The molecule has 8 nitrogen and oxygen atoms in total. The number of fused-ring (bicyclic) bond motifs is 1. The van der Waals surface area contributed by atoms with E-state index in [1.54, 1.807) is 25.4 Å². The van der Waals surface area contributed by atoms with Crippen LogP contribution in [0, 0.1) is 25.2 Å². The highest BCUT2D eigenvalue weighted by Gasteiger charge is 2.32. The predicted molar refractivity (Wildman–Crippen MR) is 117 cm³/mol. The number of anilines is 1. The molecule has 0 radical (unpaired) electrons. The summed E-state index contributed by atoms with van der Waals surface area (Å²) in [4.78, 5) is 25.3. The number of aromatic nitrogens is 2. The summed E-state index contributed by atoms with van der Waals surface area (Å²) in [6, 6.07) is 2.63. The molecule has 1 aliphatic heterocycles. The normalized spacial score (nSPS) is 16.3. The number of thiazole rings is 1. The van der Waals surface area contributed by atoms with E-state index in [1.807, 2.05) is 26.3 Å². The van der Waals surface area contributed by atoms with Gasteiger partial charge in [-0.3, -0.25) is 4.79 Å². The average molecular weight is 425 g/mol. The maximum atomic E-state index is 12.5. The summed E-state index contributed by atoms with van der Waals surface area (Å²) in [5.41, 5.74) is 4.66. The first kappa shape index (κ1) is 20.3. The molecule has 1 amide bonds. The van der Waals surface area contributed by atoms with Gasteiger partial charge in [0.15, 0.2) is 5.58 Å². The number of benzene rings is 1. The lowest BCUT2D eigenvalue weighted by Crippen LogP contribution is -2.30. The number of nitriles is 1. The topological polar surface area (TPSA) is 98.3 Å². The highest BCUT2D eigenvalue weighted by atomic mass is 32.1. The summed E-state index contributed by atoms with van der Waals surface area (Å²) in [5, 5.41) is 16.2. The highest BCUT2D eigenvalue weighted by molar-refractivity contribution is 7.09. The molecule has 0 unspecified atom stereocenters. The second kappa shape index (κ2) is 7.70. The number of carbonyl (C=O) groups is 1. The molecule has 0 saturated carbocycles. The minimum Gasteiger partial charge on any atom is -0.430 e. The van der Waals surface area contributed by atoms with E-state index in [4.69, 9.17) is 9.40 Å². The number of nitrogens with zero attached hydrogens (tertiary/aromatic N) is 5. The first-order valence-electron chi connectivity index (χ1n) is 9.79. The molecule has 1 N–H and O–H groups in total. The van der Waals surface area contributed by atoms with E-state index in [1.165, 1.54) is 4.90 Å². The zero-order chi connectivity index (χ0) is 21.6. The Morgan fingerprint density at radius 2 is 2.17 bits per heavy atom. The van der Waals surface area contributed by atoms with Crippen LogP contribution < -0.4 is 10.2 Å². The van der Waals surface area contributed by atoms with Crippen molar-refractivity contribution in [3.63, 3.8) is 0 Å². The van der Waals surface area contributed by atoms with Crippen LogP contribution in [-0.2, 0) is 0 Å². The van der Waals surface area contributed by atoms with Crippen molar-refractivity contribution in [1.82, 2.24) is 20.2 Å². The van der Waals surface area contributed by atoms with Crippen molar-refractivity contribution >= 4 is 34.0 Å². The summed E-state index contributed by atoms with van der Waals surface area (Å²) >= 11 is 1.57. The number of amides is 1. The van der Waals surface area contributed by atoms with Crippen LogP contribution in [0.15, 0.2) is 9.80 Å². The molecule has 156 valence electrons. The second-order valence-electron chi connectivity index (χ2n) is 7.70. The van der Waals surface area contributed by atoms with Crippen LogP contribution in [0.1, 0.15) is 33.2 Å². The van der Waals surface area contributed by atoms with E-state index in [9.17, 15) is 10.1 Å². The molecule has 1 aromatic carbocycles. The van der Waals surface area contributed by atoms with Crippen LogP contribution in [0.25, 0.3) is 22.4 Å². The van der Waals surface area contributed by atoms with Gasteiger partial charge in [-0.2, -0.15) is 5.26 Å². The summed E-state index contributed by atoms with van der Waals surface area (Å²) < 4.78 is 6.03. The predicted octanol–water partition coefficient (Wildman–Crippen LogP) is 2.94. The molecular formula is C21H24N6O2S. The van der Waals surface area contributed by atoms with E-state index in [-0.39, 0.29) is 11.8 Å². The van der Waals surface area contributed by atoms with E-state index < -0.39 is 0 Å². The number of oxazole rings is 1. The smallest absolute Gasteiger partial charge is 0.309 e. The SMILES string of the molecule is CN[C@H]1CCN(c2c(-c3csc(C)n3)c(C)c(C#N)c3nc(C(=O)N(C)C)oc23)C1. The molecule has 0 spiro atoms. The molecule has 0 bridgehead atoms. The van der Waals surface area contributed by atoms with E-state index >= 15 is 0 Å². The third-order valence-electron chi connectivity index (χ3n) is 5.55. The molecule has 1 atom stereocenters. The maximum absolute atomic E-state index is 12.5. The largest absolute Gasteiger partial charge is 0.430 e. The number of aryl methyl sites for hydroxylation is 1. The summed E-state index contributed by atoms with van der Waals surface area (Å²) in [6.45, 7) is 5.51. The molecule has 1 fully saturated rings. The standard InChI is InChI=1S/C21H24N6O2S/c1-11-14(8-22)17-19(29-20(25-17)21(28)26(4)5)18(27-7-6-13(9-27)23-3)16(11)15-10-30-12(2)24-15/h10,13,23H,6-7,9H2,1-5H3/t13-/m0/s1. The Labute approximate surface area is 179 Å². The Bertz CT molecular complexity index is 1170. The monoisotopic (exact) mass is 424 g/mol. The number of hydrogen-bond donors (Lipinski definition) is 1. The van der Waals surface area contributed by atoms with Crippen molar-refractivity contribution in [1.29, 1.82) is 5.26 Å². The van der Waals surface area contributed by atoms with E-state index in [0.717, 1.165) is 47.0 Å². The van der Waals surface area contributed by atoms with Crippen LogP contribution >= 0.6 is 11.3 Å². The lowest BCUT2D eigenvalue weighted by molar-refractivity contribution is 0.0791. The van der Waals surface area contributed by atoms with Crippen molar-refractivity contribution in [3.05, 3.63) is 27.4 Å². The van der Waals surface area contributed by atoms with Crippen molar-refractivity contribution < 1.29 is 9.21 Å². The van der Waals surface area contributed by atoms with E-state index in [0.29, 0.717) is 22.7 Å². The van der Waals surface area contributed by atoms with Gasteiger partial charge in [0, 0.05) is 44.2 Å². The average Bonchev–Trinajstić information content (AvgIpc) is 3.45. The lowest BCUT2D eigenvalue weighted by Gasteiger charge is -2.23. The third-order valence-corrected chi connectivity index (χ3v) is 6.33. The maximum Gasteiger partial charge on any atom is 0.309 e. The fraction of sp³-hybridized carbons (Fsp3) is 0.429. The highest BCUT2D eigenvalue weighted by Crippen LogP contribution is 2.44. The molecule has 30 heavy (non-hydrogen) atoms. The Morgan fingerprint density at radius 1 is 1.40 bits per heavy atom. The van der Waals surface area contributed by atoms with Gasteiger partial charge >= 0.3 is 5.91 Å². The quantitative estimate of drug-likeness (QED) is 0.687. The zero-order valence-corrected chi connectivity index (χ0v) is 18.6. The third kappa shape index (κ3) is 3.22. The van der Waals surface area contributed by atoms with Gasteiger partial charge in [0.25, 0.3) is 5.89 Å². The fourth-order valence-electron chi connectivity index (χ4n) is 3.96. The molecule has 4 rings (SSSR count). The second-order valence-corrected chi connectivity index (χ2v) is 8.77. The lowest BCUT2D eigenvalue weighted by atomic mass is 9.96. The van der Waals surface area contributed by atoms with Gasteiger partial charge in [0.1, 0.15) is 11.6 Å². The van der Waals surface area contributed by atoms with Gasteiger partial charge < -0.3 is 19.5 Å². The summed E-state index contributed by atoms with van der Waals surface area (Å²) in [7, 11) is 5.26. The minimum atomic E-state index is -0.334. The van der Waals surface area contributed by atoms with Gasteiger partial charge in [0.05, 0.1) is 22.0 Å². The molecule has 1 aliphatic rings. The zero-order valence-electron chi connectivity index (χ0n) is 17.7. The molecule has 0 aliphatic carbocycles. The number of carbonyl (C=O) groups excluding carboxylic acids is 1. The molecular weight excluding hydrogens is 400 g/mol. The molecule has 9 heteroatoms. The van der Waals surface area contributed by atoms with Gasteiger partial charge in [-0.05, 0) is 32.9 Å². The molecule has 3 heterocycles. The van der Waals surface area contributed by atoms with Gasteiger partial charge in [0.2, 0.25) is 0 Å².